The average molecular weight is 528 g/mol. The highest BCUT2D eigenvalue weighted by Gasteiger charge is 2.76. The standard InChI is InChI=1S/C27H30ClN3O4S/c1-15-12-20-21(24(33)29-13-17-8-4-3-5-9-17)22-26(35)31(16(2)14-32)23(27(15,22)36-20)25(34)30-19-11-7-6-10-18(19)28/h3-11,15-16,20-23,32H,12-14H2,1-2H3,(H,29,33)(H,30,34)/t15?,16-,20+,21-,22+,23?,27?/m1/s1. The summed E-state index contributed by atoms with van der Waals surface area (Å²) in [5.74, 6) is -1.87. The number of hydrogen-bond acceptors (Lipinski definition) is 5. The second-order valence-electron chi connectivity index (χ2n) is 10.0. The topological polar surface area (TPSA) is 98.7 Å². The lowest BCUT2D eigenvalue weighted by Crippen LogP contribution is -2.56. The molecule has 3 amide bonds. The molecule has 1 spiro atoms. The van der Waals surface area contributed by atoms with E-state index in [9.17, 15) is 19.5 Å². The zero-order valence-corrected chi connectivity index (χ0v) is 21.8. The molecule has 9 heteroatoms. The first-order valence-corrected chi connectivity index (χ1v) is 13.5. The van der Waals surface area contributed by atoms with Crippen molar-refractivity contribution in [3.8, 4) is 0 Å². The van der Waals surface area contributed by atoms with Crippen molar-refractivity contribution in [2.24, 2.45) is 17.8 Å². The first kappa shape index (κ1) is 25.1. The molecule has 3 N–H and O–H groups in total. The van der Waals surface area contributed by atoms with E-state index in [2.05, 4.69) is 17.6 Å². The fraction of sp³-hybridized carbons (Fsp3) is 0.444. The van der Waals surface area contributed by atoms with Gasteiger partial charge < -0.3 is 20.6 Å². The predicted molar refractivity (Wildman–Crippen MR) is 140 cm³/mol. The van der Waals surface area contributed by atoms with Crippen molar-refractivity contribution in [1.82, 2.24) is 10.2 Å². The number of hydrogen-bond donors (Lipinski definition) is 3. The molecule has 3 aliphatic rings. The van der Waals surface area contributed by atoms with E-state index < -0.39 is 28.7 Å². The summed E-state index contributed by atoms with van der Waals surface area (Å²) in [5, 5.41) is 16.3. The SMILES string of the molecule is CC1C[C@@H]2SC13C(C(=O)Nc1ccccc1Cl)N([C@H](C)CO)C(=O)[C@@H]3[C@@H]2C(=O)NCc1ccccc1. The minimum absolute atomic E-state index is 0.0394. The molecule has 3 saturated heterocycles. The molecule has 190 valence electrons. The van der Waals surface area contributed by atoms with Gasteiger partial charge in [-0.2, -0.15) is 0 Å². The maximum atomic E-state index is 14.0. The quantitative estimate of drug-likeness (QED) is 0.513. The number of amides is 3. The van der Waals surface area contributed by atoms with E-state index in [4.69, 9.17) is 11.6 Å². The van der Waals surface area contributed by atoms with E-state index in [0.717, 1.165) is 12.0 Å². The van der Waals surface area contributed by atoms with Crippen LogP contribution in [0.3, 0.4) is 0 Å². The molecule has 0 aromatic heterocycles. The molecule has 2 aromatic rings. The van der Waals surface area contributed by atoms with Crippen molar-refractivity contribution >= 4 is 46.8 Å². The molecule has 0 aliphatic carbocycles. The summed E-state index contributed by atoms with van der Waals surface area (Å²) in [6.45, 7) is 3.90. The molecule has 0 radical (unpaired) electrons. The lowest BCUT2D eigenvalue weighted by molar-refractivity contribution is -0.141. The fourth-order valence-electron chi connectivity index (χ4n) is 6.29. The summed E-state index contributed by atoms with van der Waals surface area (Å²) in [4.78, 5) is 42.8. The monoisotopic (exact) mass is 527 g/mol. The number of aliphatic hydroxyl groups excluding tert-OH is 1. The number of carbonyl (C=O) groups excluding carboxylic acids is 3. The Morgan fingerprint density at radius 3 is 2.56 bits per heavy atom. The molecule has 5 rings (SSSR count). The normalized spacial score (nSPS) is 31.3. The highest BCUT2D eigenvalue weighted by molar-refractivity contribution is 8.02. The number of para-hydroxylation sites is 1. The maximum absolute atomic E-state index is 14.0. The van der Waals surface area contributed by atoms with Gasteiger partial charge in [0.2, 0.25) is 17.7 Å². The zero-order valence-electron chi connectivity index (χ0n) is 20.2. The molecule has 0 saturated carbocycles. The van der Waals surface area contributed by atoms with Crippen molar-refractivity contribution in [3.63, 3.8) is 0 Å². The van der Waals surface area contributed by atoms with Crippen LogP contribution in [0.15, 0.2) is 54.6 Å². The van der Waals surface area contributed by atoms with Gasteiger partial charge in [0.15, 0.2) is 0 Å². The molecule has 36 heavy (non-hydrogen) atoms. The Morgan fingerprint density at radius 2 is 1.86 bits per heavy atom. The number of benzene rings is 2. The van der Waals surface area contributed by atoms with Gasteiger partial charge in [-0.3, -0.25) is 14.4 Å². The molecule has 2 bridgehead atoms. The van der Waals surface area contributed by atoms with Gasteiger partial charge >= 0.3 is 0 Å². The van der Waals surface area contributed by atoms with Crippen LogP contribution >= 0.6 is 23.4 Å². The van der Waals surface area contributed by atoms with Gasteiger partial charge in [-0.1, -0.05) is 61.0 Å². The Kier molecular flexibility index (Phi) is 6.78. The van der Waals surface area contributed by atoms with E-state index in [0.29, 0.717) is 17.3 Å². The van der Waals surface area contributed by atoms with Crippen molar-refractivity contribution < 1.29 is 19.5 Å². The van der Waals surface area contributed by atoms with Crippen molar-refractivity contribution in [2.45, 2.75) is 48.9 Å². The summed E-state index contributed by atoms with van der Waals surface area (Å²) >= 11 is 7.91. The summed E-state index contributed by atoms with van der Waals surface area (Å²) in [5.41, 5.74) is 1.45. The molecule has 3 fully saturated rings. The first-order chi connectivity index (χ1) is 17.3. The predicted octanol–water partition coefficient (Wildman–Crippen LogP) is 3.31. The number of anilines is 1. The van der Waals surface area contributed by atoms with Gasteiger partial charge in [0.25, 0.3) is 0 Å². The van der Waals surface area contributed by atoms with Crippen LogP contribution in [-0.2, 0) is 20.9 Å². The molecule has 3 unspecified atom stereocenters. The highest BCUT2D eigenvalue weighted by Crippen LogP contribution is 2.68. The molecule has 7 atom stereocenters. The Balaban J connectivity index is 1.48. The number of carbonyl (C=O) groups is 3. The van der Waals surface area contributed by atoms with Gasteiger partial charge in [-0.05, 0) is 37.0 Å². The molecular weight excluding hydrogens is 498 g/mol. The van der Waals surface area contributed by atoms with Crippen LogP contribution in [0.1, 0.15) is 25.8 Å². The van der Waals surface area contributed by atoms with Crippen LogP contribution in [0.5, 0.6) is 0 Å². The van der Waals surface area contributed by atoms with Gasteiger partial charge in [0, 0.05) is 11.8 Å². The van der Waals surface area contributed by atoms with E-state index in [1.54, 1.807) is 43.0 Å². The average Bonchev–Trinajstić information content (AvgIpc) is 3.47. The number of halogens is 1. The number of thioether (sulfide) groups is 1. The van der Waals surface area contributed by atoms with E-state index in [1.807, 2.05) is 30.3 Å². The van der Waals surface area contributed by atoms with E-state index >= 15 is 0 Å². The van der Waals surface area contributed by atoms with Gasteiger partial charge in [0.1, 0.15) is 6.04 Å². The largest absolute Gasteiger partial charge is 0.394 e. The third-order valence-electron chi connectivity index (χ3n) is 7.91. The second kappa shape index (κ2) is 9.72. The fourth-order valence-corrected chi connectivity index (χ4v) is 8.88. The van der Waals surface area contributed by atoms with Crippen LogP contribution < -0.4 is 10.6 Å². The molecule has 7 nitrogen and oxygen atoms in total. The van der Waals surface area contributed by atoms with Gasteiger partial charge in [-0.15, -0.1) is 11.8 Å². The number of rotatable bonds is 7. The molecule has 2 aromatic carbocycles. The Morgan fingerprint density at radius 1 is 1.17 bits per heavy atom. The molecule has 3 heterocycles. The minimum atomic E-state index is -0.828. The maximum Gasteiger partial charge on any atom is 0.248 e. The number of likely N-dealkylation sites (tertiary alicyclic amines) is 1. The Bertz CT molecular complexity index is 1180. The summed E-state index contributed by atoms with van der Waals surface area (Å²) in [7, 11) is 0. The second-order valence-corrected chi connectivity index (χ2v) is 12.0. The van der Waals surface area contributed by atoms with E-state index in [1.165, 1.54) is 4.90 Å². The third-order valence-corrected chi connectivity index (χ3v) is 10.3. The third kappa shape index (κ3) is 3.90. The van der Waals surface area contributed by atoms with Crippen LogP contribution in [0.25, 0.3) is 0 Å². The van der Waals surface area contributed by atoms with Crippen LogP contribution in [0.4, 0.5) is 5.69 Å². The van der Waals surface area contributed by atoms with Gasteiger partial charge in [0.05, 0.1) is 39.9 Å². The Labute approximate surface area is 220 Å². The molecule has 3 aliphatic heterocycles. The van der Waals surface area contributed by atoms with Crippen LogP contribution in [0, 0.1) is 17.8 Å². The minimum Gasteiger partial charge on any atom is -0.394 e. The van der Waals surface area contributed by atoms with Crippen molar-refractivity contribution in [2.75, 3.05) is 11.9 Å². The summed E-state index contributed by atoms with van der Waals surface area (Å²) in [6.07, 6.45) is 0.745. The number of fused-ring (bicyclic) bond motifs is 1. The lowest BCUT2D eigenvalue weighted by atomic mass is 9.66. The van der Waals surface area contributed by atoms with Gasteiger partial charge in [-0.25, -0.2) is 0 Å². The first-order valence-electron chi connectivity index (χ1n) is 12.3. The smallest absolute Gasteiger partial charge is 0.248 e. The molecular formula is C27H30ClN3O4S. The van der Waals surface area contributed by atoms with Crippen LogP contribution in [-0.4, -0.2) is 56.4 Å². The van der Waals surface area contributed by atoms with Crippen molar-refractivity contribution in [3.05, 3.63) is 65.2 Å². The zero-order chi connectivity index (χ0) is 25.6. The lowest BCUT2D eigenvalue weighted by Gasteiger charge is -2.39. The summed E-state index contributed by atoms with van der Waals surface area (Å²) < 4.78 is -0.759. The number of nitrogens with one attached hydrogen (secondary N) is 2. The van der Waals surface area contributed by atoms with Crippen LogP contribution in [0.2, 0.25) is 5.02 Å². The Hall–Kier alpha value is -2.55. The highest BCUT2D eigenvalue weighted by atomic mass is 35.5. The van der Waals surface area contributed by atoms with E-state index in [-0.39, 0.29) is 35.5 Å². The summed E-state index contributed by atoms with van der Waals surface area (Å²) in [6, 6.07) is 15.2. The number of aliphatic hydroxyl groups is 1. The number of nitrogens with zero attached hydrogens (tertiary/aromatic N) is 1. The van der Waals surface area contributed by atoms with Crippen molar-refractivity contribution in [1.29, 1.82) is 0 Å².